The van der Waals surface area contributed by atoms with Crippen LogP contribution in [0.3, 0.4) is 0 Å². The molecule has 1 fully saturated rings. The van der Waals surface area contributed by atoms with Gasteiger partial charge in [0.2, 0.25) is 0 Å². The summed E-state index contributed by atoms with van der Waals surface area (Å²) in [5.41, 5.74) is 2.23. The second-order valence-corrected chi connectivity index (χ2v) is 6.04. The van der Waals surface area contributed by atoms with Crippen molar-refractivity contribution < 1.29 is 4.79 Å². The van der Waals surface area contributed by atoms with Crippen LogP contribution in [-0.2, 0) is 11.2 Å². The Bertz CT molecular complexity index is 588. The fourth-order valence-electron chi connectivity index (χ4n) is 3.31. The van der Waals surface area contributed by atoms with E-state index in [4.69, 9.17) is 0 Å². The number of rotatable bonds is 5. The van der Waals surface area contributed by atoms with Crippen LogP contribution < -0.4 is 0 Å². The van der Waals surface area contributed by atoms with Crippen molar-refractivity contribution in [3.05, 3.63) is 71.8 Å². The molecule has 1 saturated heterocycles. The van der Waals surface area contributed by atoms with Gasteiger partial charge in [0, 0.05) is 6.42 Å². The molecule has 2 aromatic carbocycles. The molecule has 0 saturated carbocycles. The lowest BCUT2D eigenvalue weighted by molar-refractivity contribution is -0.124. The maximum atomic E-state index is 13.0. The predicted molar refractivity (Wildman–Crippen MR) is 89.8 cm³/mol. The maximum absolute atomic E-state index is 13.0. The first-order valence-corrected chi connectivity index (χ1v) is 8.20. The van der Waals surface area contributed by atoms with Gasteiger partial charge in [0.05, 0.1) is 6.04 Å². The summed E-state index contributed by atoms with van der Waals surface area (Å²) in [5, 5.41) is 0. The minimum atomic E-state index is -0.0956. The van der Waals surface area contributed by atoms with Crippen LogP contribution in [0.5, 0.6) is 0 Å². The number of carbonyl (C=O) groups is 1. The summed E-state index contributed by atoms with van der Waals surface area (Å²) in [7, 11) is 0. The Kier molecular flexibility index (Phi) is 5.02. The molecule has 0 spiro atoms. The molecule has 1 heterocycles. The summed E-state index contributed by atoms with van der Waals surface area (Å²) in [6.45, 7) is 2.06. The van der Waals surface area contributed by atoms with E-state index < -0.39 is 0 Å². The van der Waals surface area contributed by atoms with E-state index >= 15 is 0 Å². The van der Waals surface area contributed by atoms with Gasteiger partial charge in [-0.15, -0.1) is 0 Å². The quantitative estimate of drug-likeness (QED) is 0.829. The van der Waals surface area contributed by atoms with Crippen molar-refractivity contribution in [3.8, 4) is 0 Å². The molecule has 0 bridgehead atoms. The number of Topliss-reactive ketones (excluding diaryl/α,β-unsaturated/α-hetero) is 1. The predicted octanol–water partition coefficient (Wildman–Crippen LogP) is 4.03. The normalized spacial score (nSPS) is 17.1. The van der Waals surface area contributed by atoms with Gasteiger partial charge in [-0.3, -0.25) is 9.69 Å². The van der Waals surface area contributed by atoms with Crippen LogP contribution in [0.4, 0.5) is 0 Å². The number of nitrogens with zero attached hydrogens (tertiary/aromatic N) is 1. The van der Waals surface area contributed by atoms with Gasteiger partial charge in [0.25, 0.3) is 0 Å². The molecule has 0 radical (unpaired) electrons. The minimum absolute atomic E-state index is 0.0956. The molecule has 2 heteroatoms. The third-order valence-electron chi connectivity index (χ3n) is 4.40. The maximum Gasteiger partial charge on any atom is 0.158 e. The van der Waals surface area contributed by atoms with Gasteiger partial charge in [-0.05, 0) is 37.1 Å². The SMILES string of the molecule is O=C(Cc1ccccc1)[C@@H](c1ccccc1)N1CCCCC1. The second-order valence-electron chi connectivity index (χ2n) is 6.04. The molecule has 0 aromatic heterocycles. The summed E-state index contributed by atoms with van der Waals surface area (Å²) in [6.07, 6.45) is 4.19. The van der Waals surface area contributed by atoms with Crippen LogP contribution in [-0.4, -0.2) is 23.8 Å². The van der Waals surface area contributed by atoms with Crippen LogP contribution in [0.2, 0.25) is 0 Å². The lowest BCUT2D eigenvalue weighted by Gasteiger charge is -2.34. The molecule has 1 atom stereocenters. The summed E-state index contributed by atoms with van der Waals surface area (Å²) in [6, 6.07) is 20.2. The molecule has 0 N–H and O–H groups in total. The largest absolute Gasteiger partial charge is 0.297 e. The zero-order chi connectivity index (χ0) is 15.2. The van der Waals surface area contributed by atoms with Gasteiger partial charge in [0.1, 0.15) is 0 Å². The van der Waals surface area contributed by atoms with Gasteiger partial charge in [0.15, 0.2) is 5.78 Å². The van der Waals surface area contributed by atoms with Gasteiger partial charge in [-0.2, -0.15) is 0 Å². The average molecular weight is 293 g/mol. The first-order valence-electron chi connectivity index (χ1n) is 8.20. The Hall–Kier alpha value is -1.93. The zero-order valence-electron chi connectivity index (χ0n) is 12.9. The van der Waals surface area contributed by atoms with E-state index in [9.17, 15) is 4.79 Å². The molecule has 1 aliphatic heterocycles. The van der Waals surface area contributed by atoms with Crippen molar-refractivity contribution >= 4 is 5.78 Å². The van der Waals surface area contributed by atoms with Crippen molar-refractivity contribution in [2.75, 3.05) is 13.1 Å². The summed E-state index contributed by atoms with van der Waals surface area (Å²) in [5.74, 6) is 0.305. The molecular formula is C20H23NO. The van der Waals surface area contributed by atoms with Gasteiger partial charge < -0.3 is 0 Å². The zero-order valence-corrected chi connectivity index (χ0v) is 12.9. The first kappa shape index (κ1) is 15.0. The van der Waals surface area contributed by atoms with E-state index in [1.54, 1.807) is 0 Å². The van der Waals surface area contributed by atoms with Gasteiger partial charge in [-0.25, -0.2) is 0 Å². The van der Waals surface area contributed by atoms with E-state index in [-0.39, 0.29) is 6.04 Å². The molecule has 22 heavy (non-hydrogen) atoms. The van der Waals surface area contributed by atoms with Crippen LogP contribution in [0.25, 0.3) is 0 Å². The molecule has 0 unspecified atom stereocenters. The van der Waals surface area contributed by atoms with E-state index in [0.717, 1.165) is 24.2 Å². The van der Waals surface area contributed by atoms with Crippen LogP contribution in [0.15, 0.2) is 60.7 Å². The van der Waals surface area contributed by atoms with Crippen molar-refractivity contribution in [2.45, 2.75) is 31.7 Å². The van der Waals surface area contributed by atoms with E-state index in [0.29, 0.717) is 12.2 Å². The average Bonchev–Trinajstić information content (AvgIpc) is 2.58. The van der Waals surface area contributed by atoms with Crippen LogP contribution >= 0.6 is 0 Å². The third-order valence-corrected chi connectivity index (χ3v) is 4.40. The third kappa shape index (κ3) is 3.63. The highest BCUT2D eigenvalue weighted by Crippen LogP contribution is 2.26. The fourth-order valence-corrected chi connectivity index (χ4v) is 3.31. The molecule has 0 aliphatic carbocycles. The van der Waals surface area contributed by atoms with E-state index in [1.807, 2.05) is 48.5 Å². The number of piperidine rings is 1. The number of ketones is 1. The topological polar surface area (TPSA) is 20.3 Å². The van der Waals surface area contributed by atoms with Gasteiger partial charge >= 0.3 is 0 Å². The summed E-state index contributed by atoms with van der Waals surface area (Å²) < 4.78 is 0. The van der Waals surface area contributed by atoms with Gasteiger partial charge in [-0.1, -0.05) is 67.1 Å². The van der Waals surface area contributed by atoms with Crippen LogP contribution in [0.1, 0.15) is 36.4 Å². The smallest absolute Gasteiger partial charge is 0.158 e. The first-order chi connectivity index (χ1) is 10.8. The van der Waals surface area contributed by atoms with E-state index in [2.05, 4.69) is 17.0 Å². The highest BCUT2D eigenvalue weighted by Gasteiger charge is 2.28. The Labute approximate surface area is 132 Å². The highest BCUT2D eigenvalue weighted by atomic mass is 16.1. The van der Waals surface area contributed by atoms with Crippen LogP contribution in [0, 0.1) is 0 Å². The molecule has 3 rings (SSSR count). The fraction of sp³-hybridized carbons (Fsp3) is 0.350. The van der Waals surface area contributed by atoms with Crippen molar-refractivity contribution in [2.24, 2.45) is 0 Å². The second kappa shape index (κ2) is 7.37. The van der Waals surface area contributed by atoms with Crippen molar-refractivity contribution in [3.63, 3.8) is 0 Å². The molecule has 1 aliphatic rings. The summed E-state index contributed by atoms with van der Waals surface area (Å²) >= 11 is 0. The molecule has 2 nitrogen and oxygen atoms in total. The minimum Gasteiger partial charge on any atom is -0.297 e. The molecule has 114 valence electrons. The van der Waals surface area contributed by atoms with E-state index in [1.165, 1.54) is 19.3 Å². The molecule has 0 amide bonds. The lowest BCUT2D eigenvalue weighted by atomic mass is 9.94. The number of benzene rings is 2. The molecular weight excluding hydrogens is 270 g/mol. The summed E-state index contributed by atoms with van der Waals surface area (Å²) in [4.78, 5) is 15.3. The van der Waals surface area contributed by atoms with Crippen molar-refractivity contribution in [1.82, 2.24) is 4.90 Å². The number of hydrogen-bond donors (Lipinski definition) is 0. The molecule has 2 aromatic rings. The Balaban J connectivity index is 1.82. The Morgan fingerprint density at radius 3 is 2.09 bits per heavy atom. The number of hydrogen-bond acceptors (Lipinski definition) is 2. The number of carbonyl (C=O) groups excluding carboxylic acids is 1. The standard InChI is InChI=1S/C20H23NO/c22-19(16-17-10-4-1-5-11-17)20(18-12-6-2-7-13-18)21-14-8-3-9-15-21/h1-2,4-7,10-13,20H,3,8-9,14-16H2/t20-/m1/s1. The Morgan fingerprint density at radius 1 is 0.864 bits per heavy atom. The number of likely N-dealkylation sites (tertiary alicyclic amines) is 1. The Morgan fingerprint density at radius 2 is 1.45 bits per heavy atom. The lowest BCUT2D eigenvalue weighted by Crippen LogP contribution is -2.38. The van der Waals surface area contributed by atoms with Crippen molar-refractivity contribution in [1.29, 1.82) is 0 Å². The monoisotopic (exact) mass is 293 g/mol. The highest BCUT2D eigenvalue weighted by molar-refractivity contribution is 5.87.